The van der Waals surface area contributed by atoms with Gasteiger partial charge in [0.15, 0.2) is 0 Å². The van der Waals surface area contributed by atoms with Crippen LogP contribution in [-0.4, -0.2) is 55.8 Å². The quantitative estimate of drug-likeness (QED) is 0.216. The predicted molar refractivity (Wildman–Crippen MR) is 164 cm³/mol. The van der Waals surface area contributed by atoms with E-state index in [1.807, 2.05) is 36.4 Å². The van der Waals surface area contributed by atoms with Crippen molar-refractivity contribution < 1.29 is 28.6 Å². The van der Waals surface area contributed by atoms with Crippen LogP contribution in [-0.2, 0) is 19.0 Å². The first kappa shape index (κ1) is 30.7. The van der Waals surface area contributed by atoms with Crippen molar-refractivity contribution in [3.05, 3.63) is 46.8 Å². The van der Waals surface area contributed by atoms with Gasteiger partial charge in [0.1, 0.15) is 16.8 Å². The van der Waals surface area contributed by atoms with E-state index in [9.17, 15) is 14.4 Å². The lowest BCUT2D eigenvalue weighted by Crippen LogP contribution is -2.37. The second kappa shape index (κ2) is 14.6. The van der Waals surface area contributed by atoms with Gasteiger partial charge in [0.25, 0.3) is 0 Å². The van der Waals surface area contributed by atoms with Crippen LogP contribution in [0, 0.1) is 17.8 Å². The molecule has 2 saturated carbocycles. The van der Waals surface area contributed by atoms with E-state index in [2.05, 4.69) is 18.9 Å². The zero-order valence-corrected chi connectivity index (χ0v) is 25.9. The lowest BCUT2D eigenvalue weighted by atomic mass is 9.70. The van der Waals surface area contributed by atoms with Gasteiger partial charge in [-0.3, -0.25) is 4.79 Å². The number of ketones is 1. The fourth-order valence-corrected chi connectivity index (χ4v) is 8.00. The lowest BCUT2D eigenvalue weighted by molar-refractivity contribution is -0.127. The van der Waals surface area contributed by atoms with Crippen molar-refractivity contribution in [2.24, 2.45) is 17.8 Å². The molecule has 0 spiro atoms. The third-order valence-electron chi connectivity index (χ3n) is 9.48. The van der Waals surface area contributed by atoms with Gasteiger partial charge in [0.05, 0.1) is 0 Å². The van der Waals surface area contributed by atoms with E-state index in [1.54, 1.807) is 0 Å². The van der Waals surface area contributed by atoms with Crippen LogP contribution in [0.25, 0.3) is 10.4 Å². The summed E-state index contributed by atoms with van der Waals surface area (Å²) in [7, 11) is 2.12. The summed E-state index contributed by atoms with van der Waals surface area (Å²) >= 11 is 1.36. The van der Waals surface area contributed by atoms with Crippen molar-refractivity contribution in [2.45, 2.75) is 89.6 Å². The number of rotatable bonds is 9. The number of benzene rings is 1. The van der Waals surface area contributed by atoms with Gasteiger partial charge in [-0.2, -0.15) is 0 Å². The number of piperidine rings is 1. The van der Waals surface area contributed by atoms with E-state index in [1.165, 1.54) is 11.3 Å². The molecule has 5 rings (SSSR count). The average Bonchev–Trinajstić information content (AvgIpc) is 3.44. The zero-order chi connectivity index (χ0) is 29.5. The molecule has 7 nitrogen and oxygen atoms in total. The fraction of sp³-hybridized carbons (Fsp3) is 0.618. The molecule has 2 aromatic rings. The fourth-order valence-electron chi connectivity index (χ4n) is 6.89. The van der Waals surface area contributed by atoms with Crippen LogP contribution in [0.15, 0.2) is 36.4 Å². The summed E-state index contributed by atoms with van der Waals surface area (Å²) in [6, 6.07) is 12.0. The molecule has 3 fully saturated rings. The molecule has 1 atom stereocenters. The number of hydrogen-bond acceptors (Lipinski definition) is 8. The van der Waals surface area contributed by atoms with Crippen LogP contribution >= 0.6 is 11.3 Å². The molecule has 1 aromatic heterocycles. The van der Waals surface area contributed by atoms with Gasteiger partial charge < -0.3 is 19.1 Å². The van der Waals surface area contributed by atoms with Crippen LogP contribution in [0.1, 0.15) is 98.7 Å². The molecular weight excluding hydrogens is 550 g/mol. The number of thiophene rings is 1. The third kappa shape index (κ3) is 7.81. The van der Waals surface area contributed by atoms with Gasteiger partial charge in [-0.15, -0.1) is 11.3 Å². The molecule has 0 N–H and O–H groups in total. The Bertz CT molecular complexity index is 1190. The number of nitrogens with zero attached hydrogens (tertiary/aromatic N) is 1. The Hall–Kier alpha value is -2.71. The number of carbonyl (C=O) groups excluding carboxylic acids is 3. The number of likely N-dealkylation sites (tertiary alicyclic amines) is 1. The molecular formula is C34H45NO6S. The minimum Gasteiger partial charge on any atom is -0.431 e. The molecule has 0 amide bonds. The van der Waals surface area contributed by atoms with E-state index < -0.39 is 18.9 Å². The van der Waals surface area contributed by atoms with Crippen LogP contribution in [0.4, 0.5) is 4.79 Å². The maximum atomic E-state index is 14.4. The van der Waals surface area contributed by atoms with Crippen molar-refractivity contribution in [1.82, 2.24) is 4.90 Å². The standard InChI is InChI=1S/C34H45NO6S/c1-23-13-15-26(16-14-23)31(36)30(25-17-19-35(2)20-18-25)28-21-29(24-9-5-3-6-10-24)42-32(28)33(37)39-22-40-34(38)41-27-11-7-4-8-12-27/h3,5-6,9-10,21,23,25-27,30H,4,7-8,11-20,22H2,1-2H3. The molecule has 42 heavy (non-hydrogen) atoms. The summed E-state index contributed by atoms with van der Waals surface area (Å²) in [4.78, 5) is 43.9. The van der Waals surface area contributed by atoms with E-state index in [0.29, 0.717) is 10.8 Å². The summed E-state index contributed by atoms with van der Waals surface area (Å²) in [6.45, 7) is 3.61. The van der Waals surface area contributed by atoms with Gasteiger partial charge in [0, 0.05) is 16.7 Å². The Morgan fingerprint density at radius 3 is 2.29 bits per heavy atom. The maximum absolute atomic E-state index is 14.4. The number of hydrogen-bond donors (Lipinski definition) is 0. The highest BCUT2D eigenvalue weighted by atomic mass is 32.1. The van der Waals surface area contributed by atoms with Crippen LogP contribution in [0.2, 0.25) is 0 Å². The molecule has 0 bridgehead atoms. The summed E-state index contributed by atoms with van der Waals surface area (Å²) in [6.07, 6.45) is 9.74. The highest BCUT2D eigenvalue weighted by Crippen LogP contribution is 2.44. The Labute approximate surface area is 253 Å². The molecule has 1 aliphatic heterocycles. The van der Waals surface area contributed by atoms with Crippen LogP contribution in [0.3, 0.4) is 0 Å². The zero-order valence-electron chi connectivity index (χ0n) is 25.1. The van der Waals surface area contributed by atoms with Gasteiger partial charge in [0.2, 0.25) is 6.79 Å². The largest absolute Gasteiger partial charge is 0.511 e. The smallest absolute Gasteiger partial charge is 0.431 e. The first-order chi connectivity index (χ1) is 20.4. The lowest BCUT2D eigenvalue weighted by Gasteiger charge is -2.36. The molecule has 1 saturated heterocycles. The van der Waals surface area contributed by atoms with Crippen molar-refractivity contribution >= 4 is 29.2 Å². The maximum Gasteiger partial charge on any atom is 0.511 e. The Kier molecular flexibility index (Phi) is 10.7. The Morgan fingerprint density at radius 1 is 0.905 bits per heavy atom. The molecule has 1 unspecified atom stereocenters. The minimum absolute atomic E-state index is 0.0210. The highest BCUT2D eigenvalue weighted by Gasteiger charge is 2.40. The normalized spacial score (nSPS) is 23.2. The predicted octanol–water partition coefficient (Wildman–Crippen LogP) is 7.84. The summed E-state index contributed by atoms with van der Waals surface area (Å²) in [5.41, 5.74) is 1.77. The average molecular weight is 596 g/mol. The molecule has 228 valence electrons. The van der Waals surface area contributed by atoms with Gasteiger partial charge in [-0.25, -0.2) is 9.59 Å². The van der Waals surface area contributed by atoms with E-state index >= 15 is 0 Å². The molecule has 3 aliphatic rings. The Balaban J connectivity index is 1.38. The summed E-state index contributed by atoms with van der Waals surface area (Å²) in [5.74, 6) is 0.190. The van der Waals surface area contributed by atoms with Crippen molar-refractivity contribution in [3.63, 3.8) is 0 Å². The molecule has 1 aromatic carbocycles. The number of ether oxygens (including phenoxy) is 3. The first-order valence-electron chi connectivity index (χ1n) is 15.8. The molecule has 2 aliphatic carbocycles. The van der Waals surface area contributed by atoms with Gasteiger partial charge in [-0.1, -0.05) is 56.5 Å². The minimum atomic E-state index is -0.808. The molecule has 0 radical (unpaired) electrons. The Morgan fingerprint density at radius 2 is 1.60 bits per heavy atom. The van der Waals surface area contributed by atoms with Crippen LogP contribution in [0.5, 0.6) is 0 Å². The topological polar surface area (TPSA) is 82.1 Å². The monoisotopic (exact) mass is 595 g/mol. The highest BCUT2D eigenvalue weighted by molar-refractivity contribution is 7.17. The van der Waals surface area contributed by atoms with E-state index in [0.717, 1.165) is 99.7 Å². The van der Waals surface area contributed by atoms with E-state index in [-0.39, 0.29) is 29.6 Å². The SMILES string of the molecule is CC1CCC(C(=O)C(c2cc(-c3ccccc3)sc2C(=O)OCOC(=O)OC2CCCCC2)C2CCN(C)CC2)CC1. The summed E-state index contributed by atoms with van der Waals surface area (Å²) in [5, 5.41) is 0. The van der Waals surface area contributed by atoms with Gasteiger partial charge in [-0.05, 0) is 101 Å². The van der Waals surface area contributed by atoms with Crippen molar-refractivity contribution in [1.29, 1.82) is 0 Å². The molecule has 2 heterocycles. The molecule has 8 heteroatoms. The van der Waals surface area contributed by atoms with Crippen molar-refractivity contribution in [3.8, 4) is 10.4 Å². The van der Waals surface area contributed by atoms with E-state index in [4.69, 9.17) is 14.2 Å². The third-order valence-corrected chi connectivity index (χ3v) is 10.7. The second-order valence-corrected chi connectivity index (χ2v) is 13.6. The van der Waals surface area contributed by atoms with Crippen molar-refractivity contribution in [2.75, 3.05) is 26.9 Å². The summed E-state index contributed by atoms with van der Waals surface area (Å²) < 4.78 is 16.0. The second-order valence-electron chi connectivity index (χ2n) is 12.6. The number of esters is 1. The first-order valence-corrected chi connectivity index (χ1v) is 16.6. The van der Waals surface area contributed by atoms with Gasteiger partial charge >= 0.3 is 12.1 Å². The number of Topliss-reactive ketones (excluding diaryl/α,β-unsaturated/α-hetero) is 1. The van der Waals surface area contributed by atoms with Crippen LogP contribution < -0.4 is 0 Å². The number of carbonyl (C=O) groups is 3.